The van der Waals surface area contributed by atoms with Crippen LogP contribution in [0.25, 0.3) is 0 Å². The van der Waals surface area contributed by atoms with E-state index in [0.717, 1.165) is 6.54 Å². The smallest absolute Gasteiger partial charge is 0.0607 e. The Morgan fingerprint density at radius 3 is 2.47 bits per heavy atom. The Morgan fingerprint density at radius 1 is 1.24 bits per heavy atom. The lowest BCUT2D eigenvalue weighted by Crippen LogP contribution is -2.21. The number of aromatic nitrogens is 2. The third-order valence-corrected chi connectivity index (χ3v) is 2.88. The van der Waals surface area contributed by atoms with Gasteiger partial charge in [-0.1, -0.05) is 36.8 Å². The summed E-state index contributed by atoms with van der Waals surface area (Å²) in [5.41, 5.74) is 3.78. The van der Waals surface area contributed by atoms with Crippen molar-refractivity contribution >= 4 is 0 Å². The van der Waals surface area contributed by atoms with Crippen LogP contribution in [0.15, 0.2) is 36.7 Å². The number of rotatable bonds is 4. The summed E-state index contributed by atoms with van der Waals surface area (Å²) >= 11 is 0. The molecule has 0 bridgehead atoms. The first-order valence-corrected chi connectivity index (χ1v) is 5.99. The highest BCUT2D eigenvalue weighted by Gasteiger charge is 2.13. The minimum atomic E-state index is 0.231. The van der Waals surface area contributed by atoms with Crippen LogP contribution in [0, 0.1) is 6.92 Å². The molecule has 0 aliphatic heterocycles. The maximum Gasteiger partial charge on any atom is 0.0607 e. The zero-order valence-corrected chi connectivity index (χ0v) is 10.6. The van der Waals surface area contributed by atoms with Crippen LogP contribution >= 0.6 is 0 Å². The van der Waals surface area contributed by atoms with E-state index in [0.29, 0.717) is 0 Å². The quantitative estimate of drug-likeness (QED) is 0.872. The molecule has 1 unspecified atom stereocenters. The molecule has 0 spiro atoms. The van der Waals surface area contributed by atoms with Gasteiger partial charge in [-0.15, -0.1) is 0 Å². The molecule has 1 aromatic carbocycles. The van der Waals surface area contributed by atoms with Gasteiger partial charge in [0.05, 0.1) is 12.2 Å². The van der Waals surface area contributed by atoms with Crippen molar-refractivity contribution in [2.24, 2.45) is 7.05 Å². The second-order valence-electron chi connectivity index (χ2n) is 4.35. The number of nitrogens with one attached hydrogen (secondary N) is 1. The fraction of sp³-hybridized carbons (Fsp3) is 0.357. The van der Waals surface area contributed by atoms with Gasteiger partial charge in [0, 0.05) is 18.8 Å². The van der Waals surface area contributed by atoms with Crippen molar-refractivity contribution in [1.29, 1.82) is 0 Å². The van der Waals surface area contributed by atoms with Crippen LogP contribution in [0.5, 0.6) is 0 Å². The Hall–Kier alpha value is -1.61. The first-order chi connectivity index (χ1) is 8.20. The summed E-state index contributed by atoms with van der Waals surface area (Å²) in [4.78, 5) is 0. The van der Waals surface area contributed by atoms with Gasteiger partial charge in [0.1, 0.15) is 0 Å². The standard InChI is InChI=1S/C14H19N3/c1-4-15-14(13-9-16-17(3)10-13)12-7-5-11(2)6-8-12/h5-10,14-15H,4H2,1-3H3. The number of hydrogen-bond donors (Lipinski definition) is 1. The number of nitrogens with zero attached hydrogens (tertiary/aromatic N) is 2. The topological polar surface area (TPSA) is 29.9 Å². The molecule has 0 amide bonds. The fourth-order valence-corrected chi connectivity index (χ4v) is 1.98. The monoisotopic (exact) mass is 229 g/mol. The van der Waals surface area contributed by atoms with Crippen LogP contribution in [0.1, 0.15) is 29.7 Å². The summed E-state index contributed by atoms with van der Waals surface area (Å²) < 4.78 is 1.84. The van der Waals surface area contributed by atoms with Gasteiger partial charge in [0.2, 0.25) is 0 Å². The molecule has 2 aromatic rings. The molecule has 17 heavy (non-hydrogen) atoms. The highest BCUT2D eigenvalue weighted by molar-refractivity contribution is 5.31. The van der Waals surface area contributed by atoms with E-state index in [9.17, 15) is 0 Å². The van der Waals surface area contributed by atoms with Gasteiger partial charge in [-0.2, -0.15) is 5.10 Å². The minimum absolute atomic E-state index is 0.231. The van der Waals surface area contributed by atoms with E-state index in [-0.39, 0.29) is 6.04 Å². The van der Waals surface area contributed by atoms with Crippen molar-refractivity contribution in [2.45, 2.75) is 19.9 Å². The predicted molar refractivity (Wildman–Crippen MR) is 69.9 cm³/mol. The zero-order valence-electron chi connectivity index (χ0n) is 10.6. The van der Waals surface area contributed by atoms with Crippen molar-refractivity contribution in [3.63, 3.8) is 0 Å². The minimum Gasteiger partial charge on any atom is -0.306 e. The van der Waals surface area contributed by atoms with Gasteiger partial charge < -0.3 is 5.32 Å². The van der Waals surface area contributed by atoms with Gasteiger partial charge in [0.25, 0.3) is 0 Å². The molecular formula is C14H19N3. The number of benzene rings is 1. The second-order valence-corrected chi connectivity index (χ2v) is 4.35. The van der Waals surface area contributed by atoms with Crippen molar-refractivity contribution in [1.82, 2.24) is 15.1 Å². The first-order valence-electron chi connectivity index (χ1n) is 5.99. The van der Waals surface area contributed by atoms with Crippen molar-refractivity contribution in [3.05, 3.63) is 53.3 Å². The summed E-state index contributed by atoms with van der Waals surface area (Å²) in [5, 5.41) is 7.73. The van der Waals surface area contributed by atoms with Crippen LogP contribution in [-0.4, -0.2) is 16.3 Å². The Kier molecular flexibility index (Phi) is 3.59. The molecule has 3 nitrogen and oxygen atoms in total. The van der Waals surface area contributed by atoms with E-state index < -0.39 is 0 Å². The maximum absolute atomic E-state index is 4.24. The molecule has 0 fully saturated rings. The van der Waals surface area contributed by atoms with E-state index in [4.69, 9.17) is 0 Å². The molecule has 90 valence electrons. The third-order valence-electron chi connectivity index (χ3n) is 2.88. The van der Waals surface area contributed by atoms with Crippen LogP contribution in [0.4, 0.5) is 0 Å². The maximum atomic E-state index is 4.24. The molecule has 0 saturated carbocycles. The van der Waals surface area contributed by atoms with Gasteiger partial charge in [-0.3, -0.25) is 4.68 Å². The van der Waals surface area contributed by atoms with Crippen LogP contribution < -0.4 is 5.32 Å². The molecule has 0 radical (unpaired) electrons. The first kappa shape index (κ1) is 11.9. The van der Waals surface area contributed by atoms with E-state index in [1.54, 1.807) is 0 Å². The molecule has 0 aliphatic rings. The largest absolute Gasteiger partial charge is 0.306 e. The molecular weight excluding hydrogens is 210 g/mol. The lowest BCUT2D eigenvalue weighted by molar-refractivity contribution is 0.629. The molecule has 0 aliphatic carbocycles. The van der Waals surface area contributed by atoms with E-state index in [2.05, 4.69) is 54.7 Å². The second kappa shape index (κ2) is 5.15. The average molecular weight is 229 g/mol. The Morgan fingerprint density at radius 2 is 1.94 bits per heavy atom. The van der Waals surface area contributed by atoms with Crippen LogP contribution in [0.3, 0.4) is 0 Å². The van der Waals surface area contributed by atoms with Gasteiger partial charge in [-0.25, -0.2) is 0 Å². The third kappa shape index (κ3) is 2.74. The molecule has 3 heteroatoms. The molecule has 0 saturated heterocycles. The van der Waals surface area contributed by atoms with Gasteiger partial charge in [0.15, 0.2) is 0 Å². The van der Waals surface area contributed by atoms with Gasteiger partial charge in [-0.05, 0) is 19.0 Å². The van der Waals surface area contributed by atoms with Crippen LogP contribution in [-0.2, 0) is 7.05 Å². The van der Waals surface area contributed by atoms with Crippen molar-refractivity contribution < 1.29 is 0 Å². The summed E-state index contributed by atoms with van der Waals surface area (Å²) in [5.74, 6) is 0. The van der Waals surface area contributed by atoms with E-state index >= 15 is 0 Å². The van der Waals surface area contributed by atoms with Crippen molar-refractivity contribution in [3.8, 4) is 0 Å². The summed E-state index contributed by atoms with van der Waals surface area (Å²) in [6, 6.07) is 8.88. The van der Waals surface area contributed by atoms with Crippen molar-refractivity contribution in [2.75, 3.05) is 6.54 Å². The summed E-state index contributed by atoms with van der Waals surface area (Å²) in [6.07, 6.45) is 3.99. The number of aryl methyl sites for hydroxylation is 2. The fourth-order valence-electron chi connectivity index (χ4n) is 1.98. The van der Waals surface area contributed by atoms with E-state index in [1.165, 1.54) is 16.7 Å². The lowest BCUT2D eigenvalue weighted by Gasteiger charge is -2.17. The predicted octanol–water partition coefficient (Wildman–Crippen LogP) is 2.43. The molecule has 1 N–H and O–H groups in total. The number of hydrogen-bond acceptors (Lipinski definition) is 2. The Bertz CT molecular complexity index is 470. The molecule has 1 atom stereocenters. The molecule has 1 heterocycles. The average Bonchev–Trinajstić information content (AvgIpc) is 2.74. The Labute approximate surface area is 102 Å². The highest BCUT2D eigenvalue weighted by atomic mass is 15.2. The highest BCUT2D eigenvalue weighted by Crippen LogP contribution is 2.21. The van der Waals surface area contributed by atoms with Crippen LogP contribution in [0.2, 0.25) is 0 Å². The van der Waals surface area contributed by atoms with Gasteiger partial charge >= 0.3 is 0 Å². The lowest BCUT2D eigenvalue weighted by atomic mass is 10.0. The zero-order chi connectivity index (χ0) is 12.3. The summed E-state index contributed by atoms with van der Waals surface area (Å²) in [6.45, 7) is 5.17. The summed E-state index contributed by atoms with van der Waals surface area (Å²) in [7, 11) is 1.95. The normalized spacial score (nSPS) is 12.6. The molecule has 2 rings (SSSR count). The molecule has 1 aromatic heterocycles. The Balaban J connectivity index is 2.31. The van der Waals surface area contributed by atoms with E-state index in [1.807, 2.05) is 17.9 Å². The SMILES string of the molecule is CCNC(c1ccc(C)cc1)c1cnn(C)c1.